The summed E-state index contributed by atoms with van der Waals surface area (Å²) in [6.07, 6.45) is 12.4. The van der Waals surface area contributed by atoms with E-state index >= 15 is 0 Å². The van der Waals surface area contributed by atoms with Crippen LogP contribution in [0.4, 0.5) is 0 Å². The van der Waals surface area contributed by atoms with Crippen molar-refractivity contribution in [2.45, 2.75) is 71.1 Å². The molecule has 0 amide bonds. The second-order valence-electron chi connectivity index (χ2n) is 7.40. The molecule has 0 unspecified atom stereocenters. The van der Waals surface area contributed by atoms with Crippen LogP contribution in [0.5, 0.6) is 0 Å². The maximum Gasteiger partial charge on any atom is 0.338 e. The number of aromatic carboxylic acids is 1. The van der Waals surface area contributed by atoms with Gasteiger partial charge in [-0.15, -0.1) is 0 Å². The minimum atomic E-state index is -0.976. The number of carboxylic acid groups (broad SMARTS) is 1. The number of benzene rings is 2. The predicted molar refractivity (Wildman–Crippen MR) is 123 cm³/mol. The first-order chi connectivity index (χ1) is 13.6. The number of fused-ring (bicyclic) bond motifs is 1. The maximum atomic E-state index is 12.2. The van der Waals surface area contributed by atoms with Crippen LogP contribution in [-0.2, 0) is 4.74 Å². The quantitative estimate of drug-likeness (QED) is 0.238. The first kappa shape index (κ1) is 27.6. The Morgan fingerprint density at radius 3 is 1.80 bits per heavy atom. The number of unbranched alkanes of at least 4 members (excludes halogenated alkanes) is 9. The Bertz CT molecular complexity index is 777. The Balaban J connectivity index is 0.00000420. The second kappa shape index (κ2) is 15.4. The summed E-state index contributed by atoms with van der Waals surface area (Å²) in [5.74, 6) is -1.32. The van der Waals surface area contributed by atoms with Gasteiger partial charge >= 0.3 is 11.9 Å². The highest BCUT2D eigenvalue weighted by Gasteiger charge is 2.09. The molecule has 2 aromatic rings. The van der Waals surface area contributed by atoms with Gasteiger partial charge in [0.25, 0.3) is 0 Å². The number of carbonyl (C=O) groups is 2. The minimum Gasteiger partial charge on any atom is -0.478 e. The Labute approximate surface area is 180 Å². The number of carboxylic acids is 1. The van der Waals surface area contributed by atoms with Crippen LogP contribution in [0.15, 0.2) is 36.4 Å². The third-order valence-electron chi connectivity index (χ3n) is 5.05. The monoisotopic (exact) mass is 418 g/mol. The molecular weight excluding hydrogens is 380 g/mol. The number of ether oxygens (including phenoxy) is 1. The molecule has 168 valence electrons. The van der Waals surface area contributed by atoms with Crippen molar-refractivity contribution in [1.82, 2.24) is 12.3 Å². The van der Waals surface area contributed by atoms with E-state index in [1.165, 1.54) is 51.4 Å². The van der Waals surface area contributed by atoms with Crippen LogP contribution in [0, 0.1) is 0 Å². The summed E-state index contributed by atoms with van der Waals surface area (Å²) in [5, 5.41) is 10.7. The Morgan fingerprint density at radius 2 is 1.23 bits per heavy atom. The average Bonchev–Trinajstić information content (AvgIpc) is 2.71. The summed E-state index contributed by atoms with van der Waals surface area (Å²) in [7, 11) is 0. The van der Waals surface area contributed by atoms with Gasteiger partial charge in [-0.25, -0.2) is 9.59 Å². The second-order valence-corrected chi connectivity index (χ2v) is 7.40. The Kier molecular flexibility index (Phi) is 14.2. The lowest BCUT2D eigenvalue weighted by atomic mass is 10.0. The van der Waals surface area contributed by atoms with Crippen LogP contribution in [0.3, 0.4) is 0 Å². The highest BCUT2D eigenvalue weighted by molar-refractivity contribution is 5.98. The molecule has 0 aromatic heterocycles. The number of carbonyl (C=O) groups excluding carboxylic acids is 1. The molecule has 0 radical (unpaired) electrons. The predicted octanol–water partition coefficient (Wildman–Crippen LogP) is 6.94. The van der Waals surface area contributed by atoms with E-state index in [0.717, 1.165) is 23.6 Å². The molecule has 6 nitrogen and oxygen atoms in total. The number of hydrogen-bond acceptors (Lipinski definition) is 5. The van der Waals surface area contributed by atoms with E-state index in [-0.39, 0.29) is 23.8 Å². The van der Waals surface area contributed by atoms with Crippen LogP contribution in [0.2, 0.25) is 0 Å². The molecule has 0 saturated carbocycles. The molecule has 0 aliphatic rings. The average molecular weight is 419 g/mol. The molecule has 0 heterocycles. The van der Waals surface area contributed by atoms with E-state index in [1.54, 1.807) is 30.3 Å². The third kappa shape index (κ3) is 9.37. The number of hydrogen-bond donors (Lipinski definition) is 3. The van der Waals surface area contributed by atoms with Crippen molar-refractivity contribution in [1.29, 1.82) is 0 Å². The lowest BCUT2D eigenvalue weighted by molar-refractivity contribution is 0.0497. The highest BCUT2D eigenvalue weighted by Crippen LogP contribution is 2.19. The molecule has 7 N–H and O–H groups in total. The summed E-state index contributed by atoms with van der Waals surface area (Å²) in [5.41, 5.74) is 0.672. The zero-order chi connectivity index (χ0) is 20.2. The molecule has 2 rings (SSSR count). The summed E-state index contributed by atoms with van der Waals surface area (Å²) in [6.45, 7) is 2.67. The van der Waals surface area contributed by atoms with Gasteiger partial charge in [-0.2, -0.15) is 0 Å². The summed E-state index contributed by atoms with van der Waals surface area (Å²) in [6, 6.07) is 10.1. The lowest BCUT2D eigenvalue weighted by Gasteiger charge is -2.07. The summed E-state index contributed by atoms with van der Waals surface area (Å²) >= 11 is 0. The van der Waals surface area contributed by atoms with Crippen LogP contribution in [-0.4, -0.2) is 23.7 Å². The van der Waals surface area contributed by atoms with Crippen molar-refractivity contribution in [2.24, 2.45) is 0 Å². The van der Waals surface area contributed by atoms with Gasteiger partial charge in [0.15, 0.2) is 0 Å². The van der Waals surface area contributed by atoms with Crippen LogP contribution in [0.1, 0.15) is 91.8 Å². The van der Waals surface area contributed by atoms with Gasteiger partial charge < -0.3 is 22.1 Å². The van der Waals surface area contributed by atoms with Crippen LogP contribution < -0.4 is 12.3 Å². The van der Waals surface area contributed by atoms with E-state index in [0.29, 0.717) is 12.2 Å². The normalized spacial score (nSPS) is 10.2. The fraction of sp³-hybridized carbons (Fsp3) is 0.500. The summed E-state index contributed by atoms with van der Waals surface area (Å²) in [4.78, 5) is 23.3. The Hall–Kier alpha value is -2.44. The number of esters is 1. The van der Waals surface area contributed by atoms with E-state index in [9.17, 15) is 9.59 Å². The standard InChI is InChI=1S/C24H32O4.2H3N/c1-2-3-4-5-6-7-8-9-10-11-16-28-24(27)21-15-13-19-12-14-20(23(25)26)17-22(19)18-21;;/h12-15,17-18H,2-11,16H2,1H3,(H,25,26);2*1H3. The first-order valence-electron chi connectivity index (χ1n) is 10.6. The molecule has 6 heteroatoms. The zero-order valence-corrected chi connectivity index (χ0v) is 18.3. The van der Waals surface area contributed by atoms with Gasteiger partial charge in [0.05, 0.1) is 17.7 Å². The van der Waals surface area contributed by atoms with Crippen molar-refractivity contribution >= 4 is 22.7 Å². The fourth-order valence-corrected chi connectivity index (χ4v) is 3.34. The van der Waals surface area contributed by atoms with E-state index in [1.807, 2.05) is 6.07 Å². The van der Waals surface area contributed by atoms with Gasteiger partial charge in [0.1, 0.15) is 0 Å². The molecule has 0 fully saturated rings. The van der Waals surface area contributed by atoms with E-state index in [2.05, 4.69) is 6.92 Å². The molecule has 30 heavy (non-hydrogen) atoms. The molecule has 0 aliphatic heterocycles. The SMILES string of the molecule is CCCCCCCCCCCCOC(=O)c1ccc2ccc(C(=O)O)cc2c1.N.N. The third-order valence-corrected chi connectivity index (χ3v) is 5.05. The smallest absolute Gasteiger partial charge is 0.338 e. The molecule has 0 spiro atoms. The minimum absolute atomic E-state index is 0. The topological polar surface area (TPSA) is 134 Å². The molecule has 0 aliphatic carbocycles. The van der Waals surface area contributed by atoms with Gasteiger partial charge in [-0.1, -0.05) is 76.8 Å². The fourth-order valence-electron chi connectivity index (χ4n) is 3.34. The zero-order valence-electron chi connectivity index (χ0n) is 18.3. The van der Waals surface area contributed by atoms with E-state index in [4.69, 9.17) is 9.84 Å². The first-order valence-corrected chi connectivity index (χ1v) is 10.6. The Morgan fingerprint density at radius 1 is 0.733 bits per heavy atom. The van der Waals surface area contributed by atoms with Gasteiger partial charge in [0, 0.05) is 0 Å². The van der Waals surface area contributed by atoms with Crippen molar-refractivity contribution in [3.8, 4) is 0 Å². The maximum absolute atomic E-state index is 12.2. The van der Waals surface area contributed by atoms with Crippen molar-refractivity contribution in [3.05, 3.63) is 47.5 Å². The van der Waals surface area contributed by atoms with Gasteiger partial charge in [0.2, 0.25) is 0 Å². The van der Waals surface area contributed by atoms with Gasteiger partial charge in [-0.05, 0) is 41.5 Å². The number of rotatable bonds is 13. The van der Waals surface area contributed by atoms with Crippen molar-refractivity contribution in [2.75, 3.05) is 6.61 Å². The molecule has 0 saturated heterocycles. The summed E-state index contributed by atoms with van der Waals surface area (Å²) < 4.78 is 5.37. The lowest BCUT2D eigenvalue weighted by Crippen LogP contribution is -2.06. The largest absolute Gasteiger partial charge is 0.478 e. The van der Waals surface area contributed by atoms with E-state index < -0.39 is 5.97 Å². The van der Waals surface area contributed by atoms with Crippen molar-refractivity contribution < 1.29 is 19.4 Å². The van der Waals surface area contributed by atoms with Crippen LogP contribution in [0.25, 0.3) is 10.8 Å². The van der Waals surface area contributed by atoms with Crippen LogP contribution >= 0.6 is 0 Å². The van der Waals surface area contributed by atoms with Crippen molar-refractivity contribution in [3.63, 3.8) is 0 Å². The molecular formula is C24H38N2O4. The highest BCUT2D eigenvalue weighted by atomic mass is 16.5. The van der Waals surface area contributed by atoms with Gasteiger partial charge in [-0.3, -0.25) is 0 Å². The molecule has 0 atom stereocenters. The molecule has 0 bridgehead atoms. The molecule has 2 aromatic carbocycles.